The Morgan fingerprint density at radius 1 is 0.986 bits per heavy atom. The average Bonchev–Trinajstić information content (AvgIpc) is 4.00. The molecule has 10 atom stereocenters. The van der Waals surface area contributed by atoms with Gasteiger partial charge in [0, 0.05) is 61.0 Å². The zero-order valence-corrected chi connectivity index (χ0v) is 43.4. The van der Waals surface area contributed by atoms with Gasteiger partial charge in [-0.05, 0) is 118 Å². The highest BCUT2D eigenvalue weighted by Crippen LogP contribution is 2.70. The number of carbonyl (C=O) groups is 8. The number of carbonyl (C=O) groups excluding carboxylic acids is 7. The van der Waals surface area contributed by atoms with Gasteiger partial charge in [0.25, 0.3) is 11.8 Å². The maximum absolute atomic E-state index is 14.5. The standard InChI is InChI=1S/C48H54Br2N5O16P/c1-46-16-14-28(56)19-25(46)6-10-29-30-20-35-48(34(58)23-69-72(66,67)68,47(30,2)21-33(57)39(29)46)71-45(70-35)32-12-9-27(54(32)3)18-24-4-7-26(8-5-24)52-42(63)31(11-13-38(61)62)53-37(60)22-51-36(59)15-17-55-43(64)40(49)41(50)44(55)65/h4-5,7-9,12,14,16,19,29-31,33,35,39,45,57H,6,10-11,13,15,17-18,20-23H2,1-3H3,(H,51,59)(H,52,63)(H,53,60)(H,61,62)(H2,66,67,68)/t29-,30-,31-,33-,35+,39+,45+,46-,47-,48+/m0/s1. The number of halogens is 2. The third kappa shape index (κ3) is 10.0. The molecule has 5 amide bonds. The van der Waals surface area contributed by atoms with Gasteiger partial charge in [-0.25, -0.2) is 4.57 Å². The molecule has 0 spiro atoms. The third-order valence-electron chi connectivity index (χ3n) is 15.5. The Labute approximate surface area is 429 Å². The summed E-state index contributed by atoms with van der Waals surface area (Å²) in [5.74, 6) is -5.96. The Bertz CT molecular complexity index is 2750. The molecule has 3 heterocycles. The first-order chi connectivity index (χ1) is 33.9. The summed E-state index contributed by atoms with van der Waals surface area (Å²) in [7, 11) is -3.27. The molecule has 21 nitrogen and oxygen atoms in total. The van der Waals surface area contributed by atoms with Crippen LogP contribution in [0.25, 0.3) is 0 Å². The van der Waals surface area contributed by atoms with Gasteiger partial charge in [0.15, 0.2) is 17.2 Å². The fourth-order valence-electron chi connectivity index (χ4n) is 12.1. The average molecular weight is 1150 g/mol. The number of benzene rings is 1. The maximum Gasteiger partial charge on any atom is 0.470 e. The number of aromatic nitrogens is 1. The highest BCUT2D eigenvalue weighted by Gasteiger charge is 2.76. The monoisotopic (exact) mass is 1150 g/mol. The molecule has 72 heavy (non-hydrogen) atoms. The highest BCUT2D eigenvalue weighted by molar-refractivity contribution is 9.14. The second-order valence-corrected chi connectivity index (χ2v) is 22.4. The lowest BCUT2D eigenvalue weighted by molar-refractivity contribution is -0.201. The van der Waals surface area contributed by atoms with Crippen LogP contribution in [-0.2, 0) is 70.4 Å². The number of ketones is 2. The molecule has 24 heteroatoms. The quantitative estimate of drug-likeness (QED) is 0.0830. The number of amides is 5. The number of hydrogen-bond acceptors (Lipinski definition) is 13. The number of phosphoric ester groups is 1. The number of phosphoric acid groups is 1. The Morgan fingerprint density at radius 3 is 2.35 bits per heavy atom. The molecule has 4 fully saturated rings. The lowest BCUT2D eigenvalue weighted by Crippen LogP contribution is -2.63. The maximum atomic E-state index is 14.5. The summed E-state index contributed by atoms with van der Waals surface area (Å²) >= 11 is 6.01. The van der Waals surface area contributed by atoms with Crippen molar-refractivity contribution in [2.75, 3.05) is 25.0 Å². The van der Waals surface area contributed by atoms with Crippen LogP contribution in [-0.4, -0.2) is 120 Å². The molecule has 0 radical (unpaired) electrons. The molecule has 1 saturated heterocycles. The SMILES string of the molecule is Cn1c(Cc2ccc(NC(=O)[C@H](CCC(=O)O)NC(=O)CNC(=O)CCN3C(=O)C(Br)=C(Br)C3=O)cc2)ccc1[C@@H]1O[C@@H]2C[C@H]3[C@@H]4CCC5=CC(=O)C=C[C@]5(C)[C@H]4[C@@H](O)C[C@]3(C)[C@]2(C(=O)COP(=O)(O)O)O1. The number of nitrogens with one attached hydrogen (secondary N) is 3. The number of carboxylic acids is 1. The fraction of sp³-hybridized carbons (Fsp3) is 0.500. The molecule has 4 aliphatic carbocycles. The van der Waals surface area contributed by atoms with Crippen molar-refractivity contribution in [3.63, 3.8) is 0 Å². The van der Waals surface area contributed by atoms with Crippen LogP contribution in [0.3, 0.4) is 0 Å². The van der Waals surface area contributed by atoms with Gasteiger partial charge in [0.1, 0.15) is 21.6 Å². The smallest absolute Gasteiger partial charge is 0.470 e. The minimum absolute atomic E-state index is 0.0228. The number of allylic oxidation sites excluding steroid dienone is 4. The molecule has 3 saturated carbocycles. The zero-order chi connectivity index (χ0) is 52.2. The van der Waals surface area contributed by atoms with E-state index in [4.69, 9.17) is 14.0 Å². The van der Waals surface area contributed by atoms with Crippen molar-refractivity contribution in [2.45, 2.75) is 95.4 Å². The largest absolute Gasteiger partial charge is 0.481 e. The third-order valence-corrected chi connectivity index (χ3v) is 18.0. The van der Waals surface area contributed by atoms with E-state index >= 15 is 0 Å². The van der Waals surface area contributed by atoms with E-state index in [0.717, 1.165) is 21.7 Å². The number of rotatable bonds is 18. The van der Waals surface area contributed by atoms with E-state index < -0.39 is 110 Å². The number of imide groups is 1. The number of Topliss-reactive ketones (excluding diaryl/α,β-unsaturated/α-hetero) is 1. The zero-order valence-electron chi connectivity index (χ0n) is 39.3. The van der Waals surface area contributed by atoms with Crippen LogP contribution in [0.15, 0.2) is 69.2 Å². The number of ether oxygens (including phenoxy) is 2. The van der Waals surface area contributed by atoms with Gasteiger partial charge < -0.3 is 50.0 Å². The predicted octanol–water partition coefficient (Wildman–Crippen LogP) is 3.50. The van der Waals surface area contributed by atoms with E-state index in [1.54, 1.807) is 49.5 Å². The normalized spacial score (nSPS) is 30.0. The molecule has 0 unspecified atom stereocenters. The lowest BCUT2D eigenvalue weighted by atomic mass is 9.46. The summed E-state index contributed by atoms with van der Waals surface area (Å²) in [5, 5.41) is 28.9. The summed E-state index contributed by atoms with van der Waals surface area (Å²) in [6.45, 7) is 2.15. The van der Waals surface area contributed by atoms with Crippen LogP contribution < -0.4 is 16.0 Å². The fourth-order valence-corrected chi connectivity index (χ4v) is 13.1. The van der Waals surface area contributed by atoms with Crippen LogP contribution in [0.1, 0.15) is 82.0 Å². The summed E-state index contributed by atoms with van der Waals surface area (Å²) < 4.78 is 32.1. The number of hydrogen-bond donors (Lipinski definition) is 7. The molecular weight excluding hydrogens is 1090 g/mol. The van der Waals surface area contributed by atoms with Crippen LogP contribution in [0.5, 0.6) is 0 Å². The van der Waals surface area contributed by atoms with Gasteiger partial charge in [0.2, 0.25) is 24.0 Å². The molecule has 0 bridgehead atoms. The summed E-state index contributed by atoms with van der Waals surface area (Å²) in [6.07, 6.45) is 3.35. The summed E-state index contributed by atoms with van der Waals surface area (Å²) in [5.41, 5.74) is 0.0971. The molecule has 1 aromatic heterocycles. The van der Waals surface area contributed by atoms with Crippen LogP contribution in [0.2, 0.25) is 0 Å². The number of aliphatic hydroxyl groups is 1. The van der Waals surface area contributed by atoms with E-state index in [9.17, 15) is 62.9 Å². The van der Waals surface area contributed by atoms with Gasteiger partial charge in [-0.3, -0.25) is 47.8 Å². The van der Waals surface area contributed by atoms with Crippen molar-refractivity contribution in [2.24, 2.45) is 35.6 Å². The molecule has 2 aliphatic heterocycles. The summed E-state index contributed by atoms with van der Waals surface area (Å²) in [6, 6.07) is 9.13. The highest BCUT2D eigenvalue weighted by atomic mass is 79.9. The van der Waals surface area contributed by atoms with E-state index in [0.29, 0.717) is 37.1 Å². The van der Waals surface area contributed by atoms with Crippen LogP contribution in [0.4, 0.5) is 5.69 Å². The van der Waals surface area contributed by atoms with Gasteiger partial charge >= 0.3 is 13.8 Å². The van der Waals surface area contributed by atoms with E-state index in [1.165, 1.54) is 0 Å². The number of aliphatic carboxylic acids is 1. The minimum Gasteiger partial charge on any atom is -0.481 e. The van der Waals surface area contributed by atoms with Crippen molar-refractivity contribution in [3.05, 3.63) is 86.1 Å². The van der Waals surface area contributed by atoms with Crippen molar-refractivity contribution in [3.8, 4) is 0 Å². The first kappa shape index (κ1) is 53.3. The topological polar surface area (TPSA) is 306 Å². The van der Waals surface area contributed by atoms with Crippen LogP contribution >= 0.6 is 39.7 Å². The predicted molar refractivity (Wildman–Crippen MR) is 259 cm³/mol. The number of anilines is 1. The molecule has 1 aromatic carbocycles. The Morgan fingerprint density at radius 2 is 1.68 bits per heavy atom. The van der Waals surface area contributed by atoms with Gasteiger partial charge in [0.05, 0.1) is 24.4 Å². The van der Waals surface area contributed by atoms with Crippen LogP contribution in [0, 0.1) is 28.6 Å². The number of aliphatic hydroxyl groups excluding tert-OH is 1. The Hall–Kier alpha value is -4.97. The molecular formula is C48H54Br2N5O16P. The Balaban J connectivity index is 0.912. The van der Waals surface area contributed by atoms with Gasteiger partial charge in [-0.1, -0.05) is 37.6 Å². The Kier molecular flexibility index (Phi) is 15.1. The van der Waals surface area contributed by atoms with E-state index in [-0.39, 0.29) is 58.3 Å². The van der Waals surface area contributed by atoms with Gasteiger partial charge in [-0.2, -0.15) is 0 Å². The van der Waals surface area contributed by atoms with E-state index in [1.807, 2.05) is 30.6 Å². The molecule has 6 aliphatic rings. The van der Waals surface area contributed by atoms with E-state index in [2.05, 4.69) is 47.8 Å². The molecule has 7 N–H and O–H groups in total. The second-order valence-electron chi connectivity index (χ2n) is 19.6. The van der Waals surface area contributed by atoms with Crippen molar-refractivity contribution < 1.29 is 76.9 Å². The first-order valence-corrected chi connectivity index (χ1v) is 26.4. The molecule has 2 aromatic rings. The summed E-state index contributed by atoms with van der Waals surface area (Å²) in [4.78, 5) is 121. The number of fused-ring (bicyclic) bond motifs is 7. The molecule has 386 valence electrons. The number of nitrogens with zero attached hydrogens (tertiary/aromatic N) is 2. The second kappa shape index (κ2) is 20.4. The van der Waals surface area contributed by atoms with Crippen molar-refractivity contribution in [1.29, 1.82) is 0 Å². The van der Waals surface area contributed by atoms with Gasteiger partial charge in [-0.15, -0.1) is 0 Å². The first-order valence-electron chi connectivity index (χ1n) is 23.3. The number of carboxylic acid groups (broad SMARTS) is 1. The molecule has 8 rings (SSSR count). The van der Waals surface area contributed by atoms with Crippen molar-refractivity contribution in [1.82, 2.24) is 20.1 Å². The minimum atomic E-state index is -5.07. The van der Waals surface area contributed by atoms with Crippen molar-refractivity contribution >= 4 is 92.4 Å². The lowest BCUT2D eigenvalue weighted by Gasteiger charge is -2.59.